The largest absolute Gasteiger partial charge is 0.296 e. The maximum absolute atomic E-state index is 12.4. The number of amides is 2. The molecule has 3 rings (SSSR count). The van der Waals surface area contributed by atoms with E-state index >= 15 is 0 Å². The molecule has 1 aromatic rings. The molecule has 1 N–H and O–H groups in total. The lowest BCUT2D eigenvalue weighted by molar-refractivity contribution is -0.139. The van der Waals surface area contributed by atoms with Gasteiger partial charge < -0.3 is 0 Å². The van der Waals surface area contributed by atoms with Crippen molar-refractivity contribution in [2.24, 2.45) is 5.41 Å². The lowest BCUT2D eigenvalue weighted by Crippen LogP contribution is -2.49. The second-order valence-corrected chi connectivity index (χ2v) is 5.95. The number of aryl methyl sites for hydroxylation is 1. The topological polar surface area (TPSA) is 46.2 Å². The van der Waals surface area contributed by atoms with Crippen LogP contribution in [0.2, 0.25) is 0 Å². The highest BCUT2D eigenvalue weighted by molar-refractivity contribution is 6.02. The van der Waals surface area contributed by atoms with E-state index < -0.39 is 0 Å². The Balaban J connectivity index is 2.08. The van der Waals surface area contributed by atoms with Crippen molar-refractivity contribution in [1.82, 2.24) is 5.32 Å². The average molecular weight is 257 g/mol. The third-order valence-electron chi connectivity index (χ3n) is 4.75. The zero-order valence-electron chi connectivity index (χ0n) is 11.2. The van der Waals surface area contributed by atoms with Crippen molar-refractivity contribution < 1.29 is 9.59 Å². The van der Waals surface area contributed by atoms with Gasteiger partial charge in [-0.05, 0) is 36.3 Å². The van der Waals surface area contributed by atoms with Crippen molar-refractivity contribution in [2.45, 2.75) is 44.9 Å². The van der Waals surface area contributed by atoms with E-state index in [0.29, 0.717) is 6.42 Å². The van der Waals surface area contributed by atoms with Crippen molar-refractivity contribution in [3.05, 3.63) is 35.4 Å². The van der Waals surface area contributed by atoms with E-state index in [1.165, 1.54) is 0 Å². The van der Waals surface area contributed by atoms with Crippen LogP contribution in [0.15, 0.2) is 24.3 Å². The minimum Gasteiger partial charge on any atom is -0.296 e. The zero-order valence-corrected chi connectivity index (χ0v) is 11.2. The van der Waals surface area contributed by atoms with E-state index in [4.69, 9.17) is 0 Å². The molecule has 0 radical (unpaired) electrons. The Bertz CT molecular complexity index is 529. The highest BCUT2D eigenvalue weighted by Gasteiger charge is 2.50. The van der Waals surface area contributed by atoms with E-state index in [1.807, 2.05) is 31.2 Å². The molecule has 3 heteroatoms. The highest BCUT2D eigenvalue weighted by atomic mass is 16.2. The number of carbonyl (C=O) groups is 2. The number of hydrogen-bond donors (Lipinski definition) is 1. The Hall–Kier alpha value is -1.64. The summed E-state index contributed by atoms with van der Waals surface area (Å²) >= 11 is 0. The van der Waals surface area contributed by atoms with Crippen LogP contribution in [0, 0.1) is 12.3 Å². The number of piperidine rings is 1. The van der Waals surface area contributed by atoms with E-state index in [0.717, 1.165) is 36.8 Å². The van der Waals surface area contributed by atoms with Crippen LogP contribution in [0.25, 0.3) is 0 Å². The predicted molar refractivity (Wildman–Crippen MR) is 72.6 cm³/mol. The van der Waals surface area contributed by atoms with Crippen LogP contribution in [0.1, 0.15) is 49.1 Å². The molecule has 2 amide bonds. The summed E-state index contributed by atoms with van der Waals surface area (Å²) in [5.74, 6) is -0.363. The van der Waals surface area contributed by atoms with Crippen LogP contribution in [0.5, 0.6) is 0 Å². The van der Waals surface area contributed by atoms with Crippen LogP contribution >= 0.6 is 0 Å². The van der Waals surface area contributed by atoms with Gasteiger partial charge in [0, 0.05) is 6.42 Å². The number of carbonyl (C=O) groups excluding carboxylic acids is 2. The molecular formula is C16H19NO2. The first kappa shape index (κ1) is 12.4. The average Bonchev–Trinajstić information content (AvgIpc) is 2.79. The monoisotopic (exact) mass is 257 g/mol. The molecule has 0 bridgehead atoms. The molecule has 1 unspecified atom stereocenters. The van der Waals surface area contributed by atoms with Crippen LogP contribution in [0.3, 0.4) is 0 Å². The molecular weight excluding hydrogens is 238 g/mol. The normalized spacial score (nSPS) is 25.6. The lowest BCUT2D eigenvalue weighted by Gasteiger charge is -2.40. The van der Waals surface area contributed by atoms with Gasteiger partial charge in [-0.1, -0.05) is 37.1 Å². The lowest BCUT2D eigenvalue weighted by atomic mass is 9.65. The van der Waals surface area contributed by atoms with Crippen LogP contribution in [-0.2, 0) is 9.59 Å². The van der Waals surface area contributed by atoms with E-state index in [9.17, 15) is 9.59 Å². The van der Waals surface area contributed by atoms with E-state index in [-0.39, 0.29) is 23.1 Å². The standard InChI is InChI=1S/C16H19NO2/c1-11-6-2-3-7-12(11)14-15(19)17-13(18)10-16(14)8-4-5-9-16/h2-3,6-7,14H,4-5,8-10H2,1H3,(H,17,18,19). The van der Waals surface area contributed by atoms with Crippen LogP contribution < -0.4 is 5.32 Å². The molecule has 3 nitrogen and oxygen atoms in total. The molecule has 2 aliphatic rings. The number of hydrogen-bond acceptors (Lipinski definition) is 2. The van der Waals surface area contributed by atoms with E-state index in [2.05, 4.69) is 5.32 Å². The van der Waals surface area contributed by atoms with Gasteiger partial charge in [-0.25, -0.2) is 0 Å². The fourth-order valence-electron chi connectivity index (χ4n) is 3.88. The predicted octanol–water partition coefficient (Wildman–Crippen LogP) is 2.69. The summed E-state index contributed by atoms with van der Waals surface area (Å²) in [7, 11) is 0. The van der Waals surface area contributed by atoms with Gasteiger partial charge in [0.05, 0.1) is 5.92 Å². The second kappa shape index (κ2) is 4.48. The molecule has 1 atom stereocenters. The first-order valence-corrected chi connectivity index (χ1v) is 7.02. The Labute approximate surface area is 113 Å². The maximum Gasteiger partial charge on any atom is 0.234 e. The van der Waals surface area contributed by atoms with Gasteiger partial charge in [-0.3, -0.25) is 14.9 Å². The third-order valence-corrected chi connectivity index (χ3v) is 4.75. The fraction of sp³-hybridized carbons (Fsp3) is 0.500. The van der Waals surface area contributed by atoms with E-state index in [1.54, 1.807) is 0 Å². The van der Waals surface area contributed by atoms with Crippen molar-refractivity contribution >= 4 is 11.8 Å². The van der Waals surface area contributed by atoms with Crippen molar-refractivity contribution in [1.29, 1.82) is 0 Å². The first-order valence-electron chi connectivity index (χ1n) is 7.02. The fourth-order valence-corrected chi connectivity index (χ4v) is 3.88. The number of imide groups is 1. The third kappa shape index (κ3) is 1.97. The Morgan fingerprint density at radius 1 is 1.16 bits per heavy atom. The van der Waals surface area contributed by atoms with Crippen LogP contribution in [0.4, 0.5) is 0 Å². The summed E-state index contributed by atoms with van der Waals surface area (Å²) in [6, 6.07) is 8.05. The molecule has 1 saturated carbocycles. The SMILES string of the molecule is Cc1ccccc1C1C(=O)NC(=O)CC12CCCC2. The number of benzene rings is 1. The molecule has 0 aromatic heterocycles. The van der Waals surface area contributed by atoms with Gasteiger partial charge in [0.15, 0.2) is 0 Å². The minimum absolute atomic E-state index is 0.100. The summed E-state index contributed by atoms with van der Waals surface area (Å²) in [6.07, 6.45) is 4.74. The quantitative estimate of drug-likeness (QED) is 0.786. The molecule has 2 fully saturated rings. The summed E-state index contributed by atoms with van der Waals surface area (Å²) in [6.45, 7) is 2.04. The summed E-state index contributed by atoms with van der Waals surface area (Å²) in [4.78, 5) is 24.2. The Kier molecular flexibility index (Phi) is 2.92. The van der Waals surface area contributed by atoms with Crippen LogP contribution in [-0.4, -0.2) is 11.8 Å². The first-order chi connectivity index (χ1) is 9.12. The zero-order chi connectivity index (χ0) is 13.5. The summed E-state index contributed by atoms with van der Waals surface area (Å²) < 4.78 is 0. The molecule has 1 aromatic carbocycles. The Morgan fingerprint density at radius 3 is 2.53 bits per heavy atom. The molecule has 100 valence electrons. The van der Waals surface area contributed by atoms with Gasteiger partial charge >= 0.3 is 0 Å². The molecule has 1 aliphatic heterocycles. The van der Waals surface area contributed by atoms with Gasteiger partial charge in [0.2, 0.25) is 11.8 Å². The molecule has 19 heavy (non-hydrogen) atoms. The summed E-state index contributed by atoms with van der Waals surface area (Å²) in [5.41, 5.74) is 2.10. The smallest absolute Gasteiger partial charge is 0.234 e. The van der Waals surface area contributed by atoms with Gasteiger partial charge in [-0.15, -0.1) is 0 Å². The molecule has 1 heterocycles. The maximum atomic E-state index is 12.4. The molecule has 1 aliphatic carbocycles. The van der Waals surface area contributed by atoms with Crippen molar-refractivity contribution in [3.8, 4) is 0 Å². The molecule has 1 saturated heterocycles. The second-order valence-electron chi connectivity index (χ2n) is 5.95. The summed E-state index contributed by atoms with van der Waals surface area (Å²) in [5, 5.41) is 2.53. The number of rotatable bonds is 1. The highest BCUT2D eigenvalue weighted by Crippen LogP contribution is 2.53. The van der Waals surface area contributed by atoms with Crippen molar-refractivity contribution in [2.75, 3.05) is 0 Å². The molecule has 1 spiro atoms. The van der Waals surface area contributed by atoms with Gasteiger partial charge in [-0.2, -0.15) is 0 Å². The van der Waals surface area contributed by atoms with Gasteiger partial charge in [0.1, 0.15) is 0 Å². The number of nitrogens with one attached hydrogen (secondary N) is 1. The Morgan fingerprint density at radius 2 is 1.84 bits per heavy atom. The van der Waals surface area contributed by atoms with Crippen molar-refractivity contribution in [3.63, 3.8) is 0 Å². The van der Waals surface area contributed by atoms with Gasteiger partial charge in [0.25, 0.3) is 0 Å². The minimum atomic E-state index is -0.158.